The minimum atomic E-state index is -0.136. The van der Waals surface area contributed by atoms with Gasteiger partial charge >= 0.3 is 0 Å². The first-order valence-corrected chi connectivity index (χ1v) is 11.9. The van der Waals surface area contributed by atoms with Crippen LogP contribution in [0.5, 0.6) is 11.5 Å². The number of carbonyl (C=O) groups excluding carboxylic acids is 1. The third-order valence-corrected chi connectivity index (χ3v) is 7.40. The number of aromatic hydroxyl groups is 1. The highest BCUT2D eigenvalue weighted by Gasteiger charge is 2.33. The summed E-state index contributed by atoms with van der Waals surface area (Å²) in [5, 5.41) is 13.8. The Kier molecular flexibility index (Phi) is 6.61. The van der Waals surface area contributed by atoms with Gasteiger partial charge in [-0.15, -0.1) is 11.3 Å². The minimum absolute atomic E-state index is 0.0522. The van der Waals surface area contributed by atoms with Crippen LogP contribution in [0.4, 0.5) is 5.00 Å². The van der Waals surface area contributed by atoms with E-state index < -0.39 is 0 Å². The van der Waals surface area contributed by atoms with E-state index in [1.807, 2.05) is 12.1 Å². The average molecular weight is 467 g/mol. The smallest absolute Gasteiger partial charge is 0.255 e. The molecule has 2 aromatic heterocycles. The van der Waals surface area contributed by atoms with Gasteiger partial charge in [-0.25, -0.2) is 4.99 Å². The second-order valence-electron chi connectivity index (χ2n) is 9.44. The number of benzene rings is 1. The fourth-order valence-corrected chi connectivity index (χ4v) is 5.49. The van der Waals surface area contributed by atoms with Crippen molar-refractivity contribution in [2.75, 3.05) is 7.11 Å². The molecule has 6 nitrogen and oxygen atoms in total. The Balaban J connectivity index is 1.65. The Hall–Kier alpha value is -3.06. The van der Waals surface area contributed by atoms with E-state index in [-0.39, 0.29) is 17.1 Å². The lowest BCUT2D eigenvalue weighted by Crippen LogP contribution is -2.28. The predicted molar refractivity (Wildman–Crippen MR) is 131 cm³/mol. The highest BCUT2D eigenvalue weighted by atomic mass is 32.1. The molecule has 174 valence electrons. The van der Waals surface area contributed by atoms with E-state index in [0.29, 0.717) is 34.5 Å². The topological polar surface area (TPSA) is 84.1 Å². The van der Waals surface area contributed by atoms with Gasteiger partial charge in [-0.1, -0.05) is 20.8 Å². The number of hydrogen-bond acceptors (Lipinski definition) is 6. The Morgan fingerprint density at radius 1 is 1.36 bits per heavy atom. The van der Waals surface area contributed by atoms with Gasteiger partial charge in [0.2, 0.25) is 0 Å². The summed E-state index contributed by atoms with van der Waals surface area (Å²) in [6.07, 6.45) is 6.17. The third kappa shape index (κ3) is 5.14. The number of aliphatic imine (C=N–C) groups is 1. The van der Waals surface area contributed by atoms with Crippen LogP contribution in [-0.2, 0) is 19.4 Å². The van der Waals surface area contributed by atoms with E-state index in [4.69, 9.17) is 9.15 Å². The molecule has 2 heterocycles. The van der Waals surface area contributed by atoms with E-state index >= 15 is 0 Å². The fraction of sp³-hybridized carbons (Fsp3) is 0.385. The maximum atomic E-state index is 13.2. The van der Waals surface area contributed by atoms with Gasteiger partial charge in [-0.3, -0.25) is 4.79 Å². The van der Waals surface area contributed by atoms with Crippen molar-refractivity contribution in [1.82, 2.24) is 5.32 Å². The first kappa shape index (κ1) is 23.1. The van der Waals surface area contributed by atoms with E-state index in [1.165, 1.54) is 12.0 Å². The third-order valence-electron chi connectivity index (χ3n) is 6.24. The second kappa shape index (κ2) is 9.43. The van der Waals surface area contributed by atoms with Gasteiger partial charge in [0.05, 0.1) is 25.5 Å². The van der Waals surface area contributed by atoms with Gasteiger partial charge in [0.15, 0.2) is 11.5 Å². The van der Waals surface area contributed by atoms with Gasteiger partial charge in [-0.05, 0) is 72.1 Å². The van der Waals surface area contributed by atoms with Gasteiger partial charge in [0.1, 0.15) is 10.8 Å². The molecular weight excluding hydrogens is 436 g/mol. The largest absolute Gasteiger partial charge is 0.504 e. The molecule has 0 unspecified atom stereocenters. The van der Waals surface area contributed by atoms with Crippen LogP contribution < -0.4 is 10.1 Å². The highest BCUT2D eigenvalue weighted by molar-refractivity contribution is 7.16. The normalized spacial score (nSPS) is 16.1. The summed E-state index contributed by atoms with van der Waals surface area (Å²) in [6, 6.07) is 8.76. The summed E-state index contributed by atoms with van der Waals surface area (Å²) in [5.41, 5.74) is 2.72. The first-order valence-electron chi connectivity index (χ1n) is 11.1. The molecule has 0 spiro atoms. The molecule has 0 saturated carbocycles. The van der Waals surface area contributed by atoms with Crippen LogP contribution >= 0.6 is 11.3 Å². The molecule has 7 heteroatoms. The lowest BCUT2D eigenvalue weighted by atomic mass is 9.72. The highest BCUT2D eigenvalue weighted by Crippen LogP contribution is 2.45. The van der Waals surface area contributed by atoms with Crippen molar-refractivity contribution < 1.29 is 19.1 Å². The van der Waals surface area contributed by atoms with Crippen LogP contribution in [0.15, 0.2) is 46.0 Å². The van der Waals surface area contributed by atoms with E-state index in [1.54, 1.807) is 42.0 Å². The summed E-state index contributed by atoms with van der Waals surface area (Å²) >= 11 is 1.60. The minimum Gasteiger partial charge on any atom is -0.504 e. The number of hydrogen-bond donors (Lipinski definition) is 2. The van der Waals surface area contributed by atoms with Crippen LogP contribution in [0.3, 0.4) is 0 Å². The van der Waals surface area contributed by atoms with Crippen LogP contribution in [0, 0.1) is 11.3 Å². The van der Waals surface area contributed by atoms with Crippen molar-refractivity contribution in [3.63, 3.8) is 0 Å². The van der Waals surface area contributed by atoms with Crippen LogP contribution in [0.25, 0.3) is 0 Å². The molecule has 2 N–H and O–H groups in total. The Labute approximate surface area is 198 Å². The molecule has 33 heavy (non-hydrogen) atoms. The Bertz CT molecular complexity index is 1160. The lowest BCUT2D eigenvalue weighted by Gasteiger charge is -2.33. The van der Waals surface area contributed by atoms with Gasteiger partial charge < -0.3 is 19.6 Å². The second-order valence-corrected chi connectivity index (χ2v) is 10.5. The summed E-state index contributed by atoms with van der Waals surface area (Å²) < 4.78 is 10.5. The zero-order valence-corrected chi connectivity index (χ0v) is 20.3. The van der Waals surface area contributed by atoms with Crippen molar-refractivity contribution in [3.8, 4) is 11.5 Å². The van der Waals surface area contributed by atoms with E-state index in [0.717, 1.165) is 30.4 Å². The van der Waals surface area contributed by atoms with Crippen LogP contribution in [0.1, 0.15) is 59.3 Å². The van der Waals surface area contributed by atoms with E-state index in [9.17, 15) is 9.90 Å². The van der Waals surface area contributed by atoms with Crippen molar-refractivity contribution >= 4 is 28.5 Å². The molecule has 0 bridgehead atoms. The number of nitrogens with zero attached hydrogens (tertiary/aromatic N) is 1. The number of nitrogens with one attached hydrogen (secondary N) is 1. The molecule has 1 aliphatic carbocycles. The van der Waals surface area contributed by atoms with Crippen molar-refractivity contribution in [2.45, 2.75) is 46.6 Å². The number of ether oxygens (including phenoxy) is 1. The molecule has 3 aromatic rings. The SMILES string of the molecule is COc1ccc(C=Nc2sc3c(c2C(=O)NCc2ccco2)CC[C@H](C(C)(C)C)C3)cc1O. The summed E-state index contributed by atoms with van der Waals surface area (Å²) in [4.78, 5) is 19.2. The van der Waals surface area contributed by atoms with Crippen molar-refractivity contribution in [1.29, 1.82) is 0 Å². The number of phenols is 1. The fourth-order valence-electron chi connectivity index (χ4n) is 4.23. The van der Waals surface area contributed by atoms with Crippen LogP contribution in [-0.4, -0.2) is 24.3 Å². The number of fused-ring (bicyclic) bond motifs is 1. The Morgan fingerprint density at radius 2 is 2.18 bits per heavy atom. The van der Waals surface area contributed by atoms with Gasteiger partial charge in [-0.2, -0.15) is 0 Å². The number of thiophene rings is 1. The molecule has 0 radical (unpaired) electrons. The average Bonchev–Trinajstić information content (AvgIpc) is 3.42. The molecule has 1 amide bonds. The zero-order valence-electron chi connectivity index (χ0n) is 19.5. The molecule has 0 fully saturated rings. The number of methoxy groups -OCH3 is 1. The van der Waals surface area contributed by atoms with Crippen LogP contribution in [0.2, 0.25) is 0 Å². The van der Waals surface area contributed by atoms with Gasteiger partial charge in [0.25, 0.3) is 5.91 Å². The number of carbonyl (C=O) groups is 1. The molecular formula is C26H30N2O4S. The monoisotopic (exact) mass is 466 g/mol. The molecule has 0 saturated heterocycles. The molecule has 1 aromatic carbocycles. The number of rotatable bonds is 6. The number of phenolic OH excluding ortho intramolecular Hbond substituents is 1. The Morgan fingerprint density at radius 3 is 2.85 bits per heavy atom. The van der Waals surface area contributed by atoms with Gasteiger partial charge in [0, 0.05) is 11.1 Å². The van der Waals surface area contributed by atoms with E-state index in [2.05, 4.69) is 31.1 Å². The number of amides is 1. The summed E-state index contributed by atoms with van der Waals surface area (Å²) in [6.45, 7) is 7.17. The maximum Gasteiger partial charge on any atom is 0.255 e. The quantitative estimate of drug-likeness (QED) is 0.444. The maximum absolute atomic E-state index is 13.2. The molecule has 0 aliphatic heterocycles. The van der Waals surface area contributed by atoms with Crippen molar-refractivity contribution in [3.05, 3.63) is 63.9 Å². The standard InChI is InChI=1S/C26H30N2O4S/c1-26(2,3)17-8-9-19-22(13-17)33-25(23(19)24(30)27-15-18-6-5-11-32-18)28-14-16-7-10-21(31-4)20(29)12-16/h5-7,10-12,14,17,29H,8-9,13,15H2,1-4H3,(H,27,30)/t17-/m0/s1. The zero-order chi connectivity index (χ0) is 23.6. The number of furan rings is 1. The lowest BCUT2D eigenvalue weighted by molar-refractivity contribution is 0.0947. The molecule has 4 rings (SSSR count). The first-order chi connectivity index (χ1) is 15.8. The molecule has 1 aliphatic rings. The van der Waals surface area contributed by atoms with Crippen molar-refractivity contribution in [2.24, 2.45) is 16.3 Å². The summed E-state index contributed by atoms with van der Waals surface area (Å²) in [7, 11) is 1.51. The summed E-state index contributed by atoms with van der Waals surface area (Å²) in [5.74, 6) is 1.60. The molecule has 1 atom stereocenters. The predicted octanol–water partition coefficient (Wildman–Crippen LogP) is 5.89.